The molecule has 2 nitrogen and oxygen atoms in total. The van der Waals surface area contributed by atoms with Gasteiger partial charge in [-0.25, -0.2) is 4.40 Å². The number of phenolic OH excluding ortho intramolecular Hbond substituents is 1. The Labute approximate surface area is 132 Å². The third-order valence-electron chi connectivity index (χ3n) is 3.10. The van der Waals surface area contributed by atoms with Crippen molar-refractivity contribution >= 4 is 40.5 Å². The van der Waals surface area contributed by atoms with E-state index < -0.39 is 0 Å². The van der Waals surface area contributed by atoms with Gasteiger partial charge in [-0.05, 0) is 41.1 Å². The van der Waals surface area contributed by atoms with E-state index in [1.54, 1.807) is 12.3 Å². The van der Waals surface area contributed by atoms with Gasteiger partial charge in [0.15, 0.2) is 0 Å². The molecule has 104 valence electrons. The molecule has 3 aromatic carbocycles. The number of rotatable bonds is 3. The summed E-state index contributed by atoms with van der Waals surface area (Å²) in [5, 5.41) is 12.8. The molecular weight excluding hydrogens is 302 g/mol. The van der Waals surface area contributed by atoms with Gasteiger partial charge in [-0.2, -0.15) is 0 Å². The van der Waals surface area contributed by atoms with E-state index in [1.165, 1.54) is 11.9 Å². The smallest absolute Gasteiger partial charge is 0.125 e. The number of aromatic hydroxyl groups is 1. The van der Waals surface area contributed by atoms with Crippen LogP contribution in [-0.2, 0) is 0 Å². The maximum Gasteiger partial charge on any atom is 0.125 e. The molecule has 1 N–H and O–H groups in total. The number of nitrogens with zero attached hydrogens (tertiary/aromatic N) is 1. The van der Waals surface area contributed by atoms with Crippen molar-refractivity contribution in [2.24, 2.45) is 4.40 Å². The van der Waals surface area contributed by atoms with Crippen LogP contribution in [0.2, 0.25) is 5.02 Å². The molecule has 0 bridgehead atoms. The molecule has 0 radical (unpaired) electrons. The van der Waals surface area contributed by atoms with E-state index in [4.69, 9.17) is 11.6 Å². The lowest BCUT2D eigenvalue weighted by molar-refractivity contribution is 0.475. The lowest BCUT2D eigenvalue weighted by Crippen LogP contribution is -1.85. The fourth-order valence-corrected chi connectivity index (χ4v) is 2.72. The minimum Gasteiger partial charge on any atom is -0.507 e. The molecule has 21 heavy (non-hydrogen) atoms. The standard InChI is InChI=1S/C17H12ClNOS/c18-13-6-8-14(9-7-13)21-19-11-16-15-4-2-1-3-12(15)5-10-17(16)20/h1-11,20H/b19-11+. The van der Waals surface area contributed by atoms with Crippen molar-refractivity contribution in [2.45, 2.75) is 4.90 Å². The summed E-state index contributed by atoms with van der Waals surface area (Å²) < 4.78 is 4.34. The van der Waals surface area contributed by atoms with E-state index in [2.05, 4.69) is 4.40 Å². The maximum absolute atomic E-state index is 10.0. The molecule has 3 aromatic rings. The van der Waals surface area contributed by atoms with Crippen LogP contribution in [-0.4, -0.2) is 11.3 Å². The molecule has 0 spiro atoms. The van der Waals surface area contributed by atoms with Crippen molar-refractivity contribution in [1.29, 1.82) is 0 Å². The van der Waals surface area contributed by atoms with Gasteiger partial charge in [0.2, 0.25) is 0 Å². The zero-order valence-electron chi connectivity index (χ0n) is 11.0. The third-order valence-corrected chi connectivity index (χ3v) is 4.05. The molecule has 0 saturated heterocycles. The predicted octanol–water partition coefficient (Wildman–Crippen LogP) is 5.33. The first-order chi connectivity index (χ1) is 10.2. The van der Waals surface area contributed by atoms with Crippen molar-refractivity contribution in [2.75, 3.05) is 0 Å². The zero-order valence-corrected chi connectivity index (χ0v) is 12.6. The van der Waals surface area contributed by atoms with Crippen molar-refractivity contribution in [3.8, 4) is 5.75 Å². The van der Waals surface area contributed by atoms with Crippen molar-refractivity contribution in [3.05, 3.63) is 71.2 Å². The summed E-state index contributed by atoms with van der Waals surface area (Å²) in [7, 11) is 0. The molecule has 0 amide bonds. The Balaban J connectivity index is 1.89. The third kappa shape index (κ3) is 3.20. The molecule has 0 unspecified atom stereocenters. The molecule has 0 aliphatic rings. The van der Waals surface area contributed by atoms with E-state index >= 15 is 0 Å². The molecule has 0 aliphatic heterocycles. The topological polar surface area (TPSA) is 32.6 Å². The summed E-state index contributed by atoms with van der Waals surface area (Å²) >= 11 is 7.19. The summed E-state index contributed by atoms with van der Waals surface area (Å²) in [4.78, 5) is 0.996. The summed E-state index contributed by atoms with van der Waals surface area (Å²) in [6, 6.07) is 19.0. The van der Waals surface area contributed by atoms with Gasteiger partial charge in [0.25, 0.3) is 0 Å². The van der Waals surface area contributed by atoms with Crippen LogP contribution in [0.4, 0.5) is 0 Å². The van der Waals surface area contributed by atoms with E-state index in [9.17, 15) is 5.11 Å². The highest BCUT2D eigenvalue weighted by molar-refractivity contribution is 7.98. The maximum atomic E-state index is 10.0. The van der Waals surface area contributed by atoms with Gasteiger partial charge in [-0.15, -0.1) is 0 Å². The van der Waals surface area contributed by atoms with Crippen LogP contribution in [0, 0.1) is 0 Å². The normalized spacial score (nSPS) is 11.3. The number of halogens is 1. The Morgan fingerprint density at radius 3 is 2.52 bits per heavy atom. The number of phenols is 1. The molecule has 0 heterocycles. The number of hydrogen-bond acceptors (Lipinski definition) is 3. The average molecular weight is 314 g/mol. The number of hydrogen-bond donors (Lipinski definition) is 1. The molecule has 0 aliphatic carbocycles. The highest BCUT2D eigenvalue weighted by Crippen LogP contribution is 2.27. The van der Waals surface area contributed by atoms with Gasteiger partial charge in [0.05, 0.1) is 0 Å². The van der Waals surface area contributed by atoms with Crippen LogP contribution >= 0.6 is 23.5 Å². The van der Waals surface area contributed by atoms with Gasteiger partial charge in [-0.1, -0.05) is 41.9 Å². The van der Waals surface area contributed by atoms with Crippen LogP contribution < -0.4 is 0 Å². The Morgan fingerprint density at radius 2 is 1.71 bits per heavy atom. The Morgan fingerprint density at radius 1 is 0.952 bits per heavy atom. The van der Waals surface area contributed by atoms with Crippen molar-refractivity contribution in [3.63, 3.8) is 0 Å². The molecule has 0 saturated carbocycles. The number of benzene rings is 3. The second-order valence-electron chi connectivity index (χ2n) is 4.50. The highest BCUT2D eigenvalue weighted by atomic mass is 35.5. The fourth-order valence-electron chi connectivity index (χ4n) is 2.06. The summed E-state index contributed by atoms with van der Waals surface area (Å²) in [5.74, 6) is 0.231. The van der Waals surface area contributed by atoms with Crippen LogP contribution in [0.5, 0.6) is 5.75 Å². The van der Waals surface area contributed by atoms with Crippen molar-refractivity contribution in [1.82, 2.24) is 0 Å². The summed E-state index contributed by atoms with van der Waals surface area (Å²) in [6.45, 7) is 0. The van der Waals surface area contributed by atoms with Gasteiger partial charge >= 0.3 is 0 Å². The van der Waals surface area contributed by atoms with Gasteiger partial charge in [0.1, 0.15) is 5.75 Å². The molecule has 4 heteroatoms. The van der Waals surface area contributed by atoms with E-state index in [1.807, 2.05) is 54.6 Å². The highest BCUT2D eigenvalue weighted by Gasteiger charge is 2.04. The minimum absolute atomic E-state index is 0.231. The van der Waals surface area contributed by atoms with Crippen LogP contribution in [0.3, 0.4) is 0 Å². The minimum atomic E-state index is 0.231. The van der Waals surface area contributed by atoms with Gasteiger partial charge in [-0.3, -0.25) is 0 Å². The predicted molar refractivity (Wildman–Crippen MR) is 90.5 cm³/mol. The summed E-state index contributed by atoms with van der Waals surface area (Å²) in [6.07, 6.45) is 1.69. The second-order valence-corrected chi connectivity index (χ2v) is 5.80. The van der Waals surface area contributed by atoms with Gasteiger partial charge < -0.3 is 5.11 Å². The van der Waals surface area contributed by atoms with Crippen LogP contribution in [0.25, 0.3) is 10.8 Å². The van der Waals surface area contributed by atoms with E-state index in [-0.39, 0.29) is 5.75 Å². The average Bonchev–Trinajstić information content (AvgIpc) is 2.51. The monoisotopic (exact) mass is 313 g/mol. The Kier molecular flexibility index (Phi) is 4.13. The van der Waals surface area contributed by atoms with Crippen LogP contribution in [0.1, 0.15) is 5.56 Å². The Bertz CT molecular complexity index is 799. The molecular formula is C17H12ClNOS. The van der Waals surface area contributed by atoms with Crippen LogP contribution in [0.15, 0.2) is 70.0 Å². The lowest BCUT2D eigenvalue weighted by Gasteiger charge is -2.04. The zero-order chi connectivity index (χ0) is 14.7. The van der Waals surface area contributed by atoms with Gasteiger partial charge in [0, 0.05) is 33.6 Å². The Hall–Kier alpha value is -1.97. The molecule has 0 fully saturated rings. The number of fused-ring (bicyclic) bond motifs is 1. The summed E-state index contributed by atoms with van der Waals surface area (Å²) in [5.41, 5.74) is 0.731. The first-order valence-electron chi connectivity index (χ1n) is 6.41. The first-order valence-corrected chi connectivity index (χ1v) is 7.56. The quantitative estimate of drug-likeness (QED) is 0.524. The molecule has 0 atom stereocenters. The van der Waals surface area contributed by atoms with E-state index in [0.29, 0.717) is 5.02 Å². The first kappa shape index (κ1) is 14.0. The fraction of sp³-hybridized carbons (Fsp3) is 0. The lowest BCUT2D eigenvalue weighted by atomic mass is 10.0. The van der Waals surface area contributed by atoms with E-state index in [0.717, 1.165) is 21.2 Å². The largest absolute Gasteiger partial charge is 0.507 e. The second kappa shape index (κ2) is 6.20. The van der Waals surface area contributed by atoms with Crippen molar-refractivity contribution < 1.29 is 5.11 Å². The molecule has 0 aromatic heterocycles. The molecule has 3 rings (SSSR count). The SMILES string of the molecule is Oc1ccc2ccccc2c1/C=N/Sc1ccc(Cl)cc1.